The van der Waals surface area contributed by atoms with Gasteiger partial charge in [-0.25, -0.2) is 4.98 Å². The molecule has 2 heterocycles. The van der Waals surface area contributed by atoms with E-state index < -0.39 is 11.7 Å². The number of rotatable bonds is 5. The van der Waals surface area contributed by atoms with Crippen molar-refractivity contribution in [2.45, 2.75) is 32.0 Å². The standard InChI is InChI=1S/C14H16F3N3O/c1-9(4-5-11-3-2-6-21-11)19-13-8-10(14(15,16)17)7-12(18)20-13/h2-3,6-9H,4-5H2,1H3,(H3,18,19,20). The maximum Gasteiger partial charge on any atom is 0.416 e. The fourth-order valence-electron chi connectivity index (χ4n) is 1.93. The van der Waals surface area contributed by atoms with Crippen molar-refractivity contribution in [3.63, 3.8) is 0 Å². The Kier molecular flexibility index (Phi) is 4.40. The van der Waals surface area contributed by atoms with E-state index in [-0.39, 0.29) is 17.7 Å². The third-order valence-corrected chi connectivity index (χ3v) is 2.97. The Morgan fingerprint density at radius 1 is 1.38 bits per heavy atom. The summed E-state index contributed by atoms with van der Waals surface area (Å²) in [6.07, 6.45) is -1.46. The van der Waals surface area contributed by atoms with Crippen molar-refractivity contribution in [1.29, 1.82) is 0 Å². The first-order valence-corrected chi connectivity index (χ1v) is 6.48. The molecular formula is C14H16F3N3O. The molecule has 2 aromatic rings. The van der Waals surface area contributed by atoms with Crippen LogP contribution in [-0.2, 0) is 12.6 Å². The van der Waals surface area contributed by atoms with Crippen LogP contribution in [0.2, 0.25) is 0 Å². The first-order chi connectivity index (χ1) is 9.84. The summed E-state index contributed by atoms with van der Waals surface area (Å²) in [5.41, 5.74) is 4.61. The topological polar surface area (TPSA) is 64.1 Å². The average molecular weight is 299 g/mol. The van der Waals surface area contributed by atoms with Crippen LogP contribution in [0, 0.1) is 0 Å². The Morgan fingerprint density at radius 2 is 2.14 bits per heavy atom. The lowest BCUT2D eigenvalue weighted by Gasteiger charge is -2.16. The molecule has 1 unspecified atom stereocenters. The molecule has 3 N–H and O–H groups in total. The lowest BCUT2D eigenvalue weighted by atomic mass is 10.1. The number of nitrogens with zero attached hydrogens (tertiary/aromatic N) is 1. The van der Waals surface area contributed by atoms with Crippen LogP contribution in [0.5, 0.6) is 0 Å². The number of anilines is 2. The number of pyridine rings is 1. The fraction of sp³-hybridized carbons (Fsp3) is 0.357. The van der Waals surface area contributed by atoms with Gasteiger partial charge >= 0.3 is 6.18 Å². The van der Waals surface area contributed by atoms with Crippen molar-refractivity contribution < 1.29 is 17.6 Å². The molecule has 21 heavy (non-hydrogen) atoms. The van der Waals surface area contributed by atoms with Gasteiger partial charge in [0.1, 0.15) is 17.4 Å². The number of nitrogens with one attached hydrogen (secondary N) is 1. The molecule has 2 aromatic heterocycles. The smallest absolute Gasteiger partial charge is 0.416 e. The van der Waals surface area contributed by atoms with Crippen LogP contribution in [0.25, 0.3) is 0 Å². The molecule has 2 rings (SSSR count). The second-order valence-corrected chi connectivity index (χ2v) is 4.83. The zero-order chi connectivity index (χ0) is 15.5. The molecule has 0 aliphatic rings. The Hall–Kier alpha value is -2.18. The Labute approximate surface area is 120 Å². The highest BCUT2D eigenvalue weighted by Crippen LogP contribution is 2.31. The van der Waals surface area contributed by atoms with E-state index in [1.807, 2.05) is 13.0 Å². The number of hydrogen-bond acceptors (Lipinski definition) is 4. The second kappa shape index (κ2) is 6.07. The molecule has 0 aromatic carbocycles. The fourth-order valence-corrected chi connectivity index (χ4v) is 1.93. The molecule has 0 aliphatic carbocycles. The first kappa shape index (κ1) is 15.2. The van der Waals surface area contributed by atoms with Gasteiger partial charge in [0.15, 0.2) is 0 Å². The van der Waals surface area contributed by atoms with Gasteiger partial charge in [-0.05, 0) is 37.6 Å². The van der Waals surface area contributed by atoms with Crippen LogP contribution in [-0.4, -0.2) is 11.0 Å². The molecule has 0 spiro atoms. The predicted octanol–water partition coefficient (Wildman–Crippen LogP) is 3.71. The van der Waals surface area contributed by atoms with Crippen molar-refractivity contribution in [2.75, 3.05) is 11.1 Å². The van der Waals surface area contributed by atoms with E-state index in [0.717, 1.165) is 17.9 Å². The van der Waals surface area contributed by atoms with Crippen LogP contribution in [0.3, 0.4) is 0 Å². The SMILES string of the molecule is CC(CCc1ccco1)Nc1cc(C(F)(F)F)cc(N)n1. The summed E-state index contributed by atoms with van der Waals surface area (Å²) in [5, 5.41) is 2.92. The van der Waals surface area contributed by atoms with Gasteiger partial charge in [-0.3, -0.25) is 0 Å². The Bertz CT molecular complexity index is 582. The molecule has 0 saturated carbocycles. The molecule has 0 fully saturated rings. The molecule has 114 valence electrons. The molecule has 7 heteroatoms. The number of alkyl halides is 3. The van der Waals surface area contributed by atoms with Crippen molar-refractivity contribution in [2.24, 2.45) is 0 Å². The summed E-state index contributed by atoms with van der Waals surface area (Å²) in [7, 11) is 0. The van der Waals surface area contributed by atoms with Crippen molar-refractivity contribution in [3.05, 3.63) is 41.9 Å². The largest absolute Gasteiger partial charge is 0.469 e. The highest BCUT2D eigenvalue weighted by atomic mass is 19.4. The second-order valence-electron chi connectivity index (χ2n) is 4.83. The number of hydrogen-bond donors (Lipinski definition) is 2. The quantitative estimate of drug-likeness (QED) is 0.883. The number of halogens is 3. The van der Waals surface area contributed by atoms with Gasteiger partial charge in [-0.15, -0.1) is 0 Å². The maximum absolute atomic E-state index is 12.7. The van der Waals surface area contributed by atoms with Crippen LogP contribution >= 0.6 is 0 Å². The predicted molar refractivity (Wildman–Crippen MR) is 73.8 cm³/mol. The zero-order valence-corrected chi connectivity index (χ0v) is 11.4. The zero-order valence-electron chi connectivity index (χ0n) is 11.4. The molecule has 0 amide bonds. The number of aryl methyl sites for hydroxylation is 1. The van der Waals surface area contributed by atoms with E-state index in [4.69, 9.17) is 10.2 Å². The van der Waals surface area contributed by atoms with Crippen LogP contribution in [0.1, 0.15) is 24.7 Å². The number of nitrogen functional groups attached to an aromatic ring is 1. The van der Waals surface area contributed by atoms with E-state index in [1.165, 1.54) is 0 Å². The van der Waals surface area contributed by atoms with Gasteiger partial charge < -0.3 is 15.5 Å². The molecular weight excluding hydrogens is 283 g/mol. The molecule has 1 atom stereocenters. The molecule has 4 nitrogen and oxygen atoms in total. The van der Waals surface area contributed by atoms with Crippen LogP contribution < -0.4 is 11.1 Å². The number of furan rings is 1. The molecule has 0 radical (unpaired) electrons. The van der Waals surface area contributed by atoms with E-state index in [2.05, 4.69) is 10.3 Å². The molecule has 0 saturated heterocycles. The molecule has 0 aliphatic heterocycles. The summed E-state index contributed by atoms with van der Waals surface area (Å²) in [4.78, 5) is 3.88. The monoisotopic (exact) mass is 299 g/mol. The lowest BCUT2D eigenvalue weighted by molar-refractivity contribution is -0.137. The maximum atomic E-state index is 12.7. The van der Waals surface area contributed by atoms with Gasteiger partial charge in [0, 0.05) is 12.5 Å². The lowest BCUT2D eigenvalue weighted by Crippen LogP contribution is -2.18. The van der Waals surface area contributed by atoms with E-state index >= 15 is 0 Å². The van der Waals surface area contributed by atoms with Crippen molar-refractivity contribution in [3.8, 4) is 0 Å². The summed E-state index contributed by atoms with van der Waals surface area (Å²) in [6, 6.07) is 5.36. The average Bonchev–Trinajstić information content (AvgIpc) is 2.87. The minimum atomic E-state index is -4.44. The van der Waals surface area contributed by atoms with Gasteiger partial charge in [0.25, 0.3) is 0 Å². The van der Waals surface area contributed by atoms with Gasteiger partial charge in [-0.1, -0.05) is 0 Å². The number of nitrogens with two attached hydrogens (primary N) is 1. The van der Waals surface area contributed by atoms with E-state index in [1.54, 1.807) is 12.3 Å². The summed E-state index contributed by atoms with van der Waals surface area (Å²) < 4.78 is 43.3. The normalized spacial score (nSPS) is 13.1. The Balaban J connectivity index is 2.00. The number of aromatic nitrogens is 1. The Morgan fingerprint density at radius 3 is 2.76 bits per heavy atom. The summed E-state index contributed by atoms with van der Waals surface area (Å²) in [6.45, 7) is 1.86. The summed E-state index contributed by atoms with van der Waals surface area (Å²) in [5.74, 6) is 0.792. The minimum Gasteiger partial charge on any atom is -0.469 e. The highest BCUT2D eigenvalue weighted by Gasteiger charge is 2.31. The third kappa shape index (κ3) is 4.40. The minimum absolute atomic E-state index is 0.0644. The first-order valence-electron chi connectivity index (χ1n) is 6.48. The van der Waals surface area contributed by atoms with Crippen molar-refractivity contribution in [1.82, 2.24) is 4.98 Å². The van der Waals surface area contributed by atoms with E-state index in [9.17, 15) is 13.2 Å². The van der Waals surface area contributed by atoms with Gasteiger partial charge in [-0.2, -0.15) is 13.2 Å². The van der Waals surface area contributed by atoms with E-state index in [0.29, 0.717) is 12.8 Å². The van der Waals surface area contributed by atoms with Gasteiger partial charge in [0.2, 0.25) is 0 Å². The van der Waals surface area contributed by atoms with Crippen LogP contribution in [0.15, 0.2) is 34.9 Å². The summed E-state index contributed by atoms with van der Waals surface area (Å²) >= 11 is 0. The van der Waals surface area contributed by atoms with Crippen molar-refractivity contribution >= 4 is 11.6 Å². The molecule has 0 bridgehead atoms. The van der Waals surface area contributed by atoms with Gasteiger partial charge in [0.05, 0.1) is 11.8 Å². The van der Waals surface area contributed by atoms with Crippen LogP contribution in [0.4, 0.5) is 24.8 Å². The highest BCUT2D eigenvalue weighted by molar-refractivity contribution is 5.47. The third-order valence-electron chi connectivity index (χ3n) is 2.97.